The quantitative estimate of drug-likeness (QED) is 0.0452. The first kappa shape index (κ1) is 65.8. The van der Waals surface area contributed by atoms with Gasteiger partial charge < -0.3 is 80.6 Å². The Labute approximate surface area is 446 Å². The Hall–Kier alpha value is -6.28. The normalized spacial score (nSPS) is 23.4. The van der Waals surface area contributed by atoms with Gasteiger partial charge in [0.25, 0.3) is 0 Å². The number of unbranched alkanes of at least 4 members (excludes halogenated alkanes) is 4. The lowest BCUT2D eigenvalue weighted by molar-refractivity contribution is -0.136. The lowest BCUT2D eigenvalue weighted by Gasteiger charge is -2.28. The molecule has 0 bridgehead atoms. The van der Waals surface area contributed by atoms with E-state index in [2.05, 4.69) is 60.1 Å². The Morgan fingerprint density at radius 3 is 1.63 bits per heavy atom. The lowest BCUT2D eigenvalue weighted by atomic mass is 10.00. The molecule has 25 heteroatoms. The second kappa shape index (κ2) is 35.1. The fourth-order valence-electron chi connectivity index (χ4n) is 8.23. The Balaban J connectivity index is 2.67. The summed E-state index contributed by atoms with van der Waals surface area (Å²) in [6.45, 7) is 8.97. The van der Waals surface area contributed by atoms with Crippen LogP contribution in [0.3, 0.4) is 0 Å². The molecule has 0 radical (unpaired) electrons. The zero-order chi connectivity index (χ0) is 56.9. The highest BCUT2D eigenvalue weighted by Crippen LogP contribution is 2.12. The minimum atomic E-state index is -1.64. The third kappa shape index (κ3) is 23.3. The van der Waals surface area contributed by atoms with Crippen molar-refractivity contribution in [2.75, 3.05) is 26.2 Å². The van der Waals surface area contributed by atoms with Crippen LogP contribution in [0.25, 0.3) is 0 Å². The van der Waals surface area contributed by atoms with Gasteiger partial charge in [-0.05, 0) is 89.9 Å². The summed E-state index contributed by atoms with van der Waals surface area (Å²) in [6, 6.07) is -4.15. The van der Waals surface area contributed by atoms with Crippen molar-refractivity contribution >= 4 is 59.1 Å². The summed E-state index contributed by atoms with van der Waals surface area (Å²) < 4.78 is 0. The van der Waals surface area contributed by atoms with Crippen molar-refractivity contribution in [2.45, 2.75) is 192 Å². The molecular formula is C51H87N13O12. The third-order valence-electron chi connectivity index (χ3n) is 12.6. The summed E-state index contributed by atoms with van der Waals surface area (Å²) in [5.74, 6) is -8.57. The number of amides is 10. The summed E-state index contributed by atoms with van der Waals surface area (Å²) >= 11 is 0. The van der Waals surface area contributed by atoms with E-state index in [1.165, 1.54) is 13.8 Å². The molecule has 1 heterocycles. The van der Waals surface area contributed by atoms with Crippen LogP contribution in [0.4, 0.5) is 0 Å². The van der Waals surface area contributed by atoms with E-state index >= 15 is 0 Å². The SMILES string of the molecule is CCCCCCCC(=O)N[C@H](C(=O)N[C@@H](CC)C(=O)N[C@H]1CCNC(=O)[C@H]([C@@H](C)O)NC(=O)[C@H](CCN)NC(=O)[C@H](CCN)NC(=O)[C@H](CC(C)C)NC(=O)[C@@H](Cc2ccccc2)NC(=O)[C@H](CCN)NC1=O)[C@@H](C)O. The van der Waals surface area contributed by atoms with Crippen molar-refractivity contribution in [3.05, 3.63) is 35.9 Å². The largest absolute Gasteiger partial charge is 0.391 e. The second-order valence-corrected chi connectivity index (χ2v) is 19.6. The summed E-state index contributed by atoms with van der Waals surface area (Å²) in [4.78, 5) is 139. The van der Waals surface area contributed by atoms with Gasteiger partial charge in [0.05, 0.1) is 12.2 Å². The minimum absolute atomic E-state index is 0.0433. The Morgan fingerprint density at radius 2 is 1.12 bits per heavy atom. The number of aliphatic hydroxyl groups excluding tert-OH is 2. The summed E-state index contributed by atoms with van der Waals surface area (Å²) in [5, 5.41) is 47.0. The molecule has 18 N–H and O–H groups in total. The molecule has 2 rings (SSSR count). The topological polar surface area (TPSA) is 410 Å². The number of aliphatic hydroxyl groups is 2. The molecule has 0 aromatic heterocycles. The van der Waals surface area contributed by atoms with Gasteiger partial charge >= 0.3 is 0 Å². The summed E-state index contributed by atoms with van der Waals surface area (Å²) in [7, 11) is 0. The molecule has 25 nitrogen and oxygen atoms in total. The molecule has 10 amide bonds. The number of rotatable bonds is 24. The van der Waals surface area contributed by atoms with E-state index in [0.717, 1.165) is 25.7 Å². The van der Waals surface area contributed by atoms with Crippen molar-refractivity contribution < 1.29 is 58.2 Å². The van der Waals surface area contributed by atoms with E-state index < -0.39 is 132 Å². The molecule has 76 heavy (non-hydrogen) atoms. The van der Waals surface area contributed by atoms with Gasteiger partial charge in [-0.2, -0.15) is 0 Å². The fourth-order valence-corrected chi connectivity index (χ4v) is 8.23. The van der Waals surface area contributed by atoms with Crippen molar-refractivity contribution in [3.8, 4) is 0 Å². The molecule has 1 aliphatic heterocycles. The van der Waals surface area contributed by atoms with Gasteiger partial charge in [-0.15, -0.1) is 0 Å². The van der Waals surface area contributed by atoms with Crippen LogP contribution in [-0.4, -0.2) is 162 Å². The number of carbonyl (C=O) groups is 10. The van der Waals surface area contributed by atoms with Crippen molar-refractivity contribution in [2.24, 2.45) is 23.1 Å². The van der Waals surface area contributed by atoms with E-state index in [-0.39, 0.29) is 76.9 Å². The third-order valence-corrected chi connectivity index (χ3v) is 12.6. The van der Waals surface area contributed by atoms with Crippen LogP contribution in [0.2, 0.25) is 0 Å². The minimum Gasteiger partial charge on any atom is -0.391 e. The molecule has 1 aromatic carbocycles. The number of benzene rings is 1. The number of nitrogens with two attached hydrogens (primary N) is 3. The first-order chi connectivity index (χ1) is 36.1. The number of nitrogens with one attached hydrogen (secondary N) is 10. The van der Waals surface area contributed by atoms with Crippen LogP contribution in [0.15, 0.2) is 30.3 Å². The van der Waals surface area contributed by atoms with Crippen LogP contribution < -0.4 is 70.4 Å². The summed E-state index contributed by atoms with van der Waals surface area (Å²) in [6.07, 6.45) is 0.669. The molecule has 1 aromatic rings. The standard InChI is InChI=1S/C51H87N13O12/c1-7-9-10-11-15-18-40(67)63-42(31(6)66)51(76)56-33(8-2)43(68)60-37-22-26-55-50(75)41(30(5)65)64-47(72)36(21-25-54)58-44(69)34(19-23-52)59-48(73)38(27-29(3)4)61-49(74)39(28-32-16-13-12-14-17-32)62-45(70)35(20-24-53)57-46(37)71/h12-14,16-17,29-31,33-39,41-42,65-66H,7-11,15,18-28,52-54H2,1-6H3,(H,55,75)(H,56,76)(H,57,71)(H,58,69)(H,59,73)(H,60,68)(H,61,74)(H,62,70)(H,63,67)(H,64,72)/t30-,31-,33+,34+,35+,36+,37+,38+,39-,41+,42+/m1/s1. The van der Waals surface area contributed by atoms with E-state index in [9.17, 15) is 58.2 Å². The molecule has 11 atom stereocenters. The average molecular weight is 1070 g/mol. The smallest absolute Gasteiger partial charge is 0.245 e. The van der Waals surface area contributed by atoms with Crippen LogP contribution in [0.1, 0.15) is 124 Å². The van der Waals surface area contributed by atoms with Gasteiger partial charge in [0.15, 0.2) is 0 Å². The Bertz CT molecular complexity index is 2050. The Morgan fingerprint density at radius 1 is 0.618 bits per heavy atom. The highest BCUT2D eigenvalue weighted by Gasteiger charge is 2.37. The van der Waals surface area contributed by atoms with Gasteiger partial charge in [0.2, 0.25) is 59.1 Å². The first-order valence-electron chi connectivity index (χ1n) is 26.6. The van der Waals surface area contributed by atoms with Crippen LogP contribution in [0, 0.1) is 5.92 Å². The van der Waals surface area contributed by atoms with Crippen LogP contribution >= 0.6 is 0 Å². The fraction of sp³-hybridized carbons (Fsp3) is 0.686. The molecule has 1 aliphatic rings. The predicted octanol–water partition coefficient (Wildman–Crippen LogP) is -3.26. The molecule has 0 saturated carbocycles. The predicted molar refractivity (Wildman–Crippen MR) is 283 cm³/mol. The molecule has 428 valence electrons. The number of hydrogen-bond acceptors (Lipinski definition) is 15. The molecule has 1 fully saturated rings. The monoisotopic (exact) mass is 1070 g/mol. The molecule has 0 unspecified atom stereocenters. The average Bonchev–Trinajstić information content (AvgIpc) is 3.36. The van der Waals surface area contributed by atoms with Crippen molar-refractivity contribution in [1.82, 2.24) is 53.2 Å². The highest BCUT2D eigenvalue weighted by molar-refractivity contribution is 5.99. The molecule has 0 spiro atoms. The van der Waals surface area contributed by atoms with E-state index in [4.69, 9.17) is 17.2 Å². The maximum atomic E-state index is 14.4. The number of hydrogen-bond donors (Lipinski definition) is 15. The highest BCUT2D eigenvalue weighted by atomic mass is 16.3. The lowest BCUT2D eigenvalue weighted by Crippen LogP contribution is -2.61. The zero-order valence-electron chi connectivity index (χ0n) is 45.0. The van der Waals surface area contributed by atoms with Crippen LogP contribution in [0.5, 0.6) is 0 Å². The molecular weight excluding hydrogens is 987 g/mol. The van der Waals surface area contributed by atoms with Gasteiger partial charge in [0, 0.05) is 19.4 Å². The Kier molecular flexibility index (Phi) is 30.4. The van der Waals surface area contributed by atoms with Gasteiger partial charge in [-0.25, -0.2) is 0 Å². The first-order valence-corrected chi connectivity index (χ1v) is 26.6. The van der Waals surface area contributed by atoms with Crippen molar-refractivity contribution in [1.29, 1.82) is 0 Å². The second-order valence-electron chi connectivity index (χ2n) is 19.6. The van der Waals surface area contributed by atoms with Crippen LogP contribution in [-0.2, 0) is 54.4 Å². The van der Waals surface area contributed by atoms with E-state index in [1.54, 1.807) is 51.1 Å². The molecule has 0 aliphatic carbocycles. The summed E-state index contributed by atoms with van der Waals surface area (Å²) in [5.41, 5.74) is 18.2. The molecule has 1 saturated heterocycles. The van der Waals surface area contributed by atoms with E-state index in [1.807, 2.05) is 0 Å². The maximum Gasteiger partial charge on any atom is 0.245 e. The maximum absolute atomic E-state index is 14.4. The zero-order valence-corrected chi connectivity index (χ0v) is 45.0. The van der Waals surface area contributed by atoms with Crippen molar-refractivity contribution in [3.63, 3.8) is 0 Å². The van der Waals surface area contributed by atoms with Gasteiger partial charge in [-0.3, -0.25) is 47.9 Å². The van der Waals surface area contributed by atoms with Gasteiger partial charge in [-0.1, -0.05) is 83.7 Å². The van der Waals surface area contributed by atoms with Gasteiger partial charge in [0.1, 0.15) is 54.4 Å². The van der Waals surface area contributed by atoms with E-state index in [0.29, 0.717) is 12.0 Å². The number of carbonyl (C=O) groups excluding carboxylic acids is 10.